The Bertz CT molecular complexity index is 453. The van der Waals surface area contributed by atoms with Crippen molar-refractivity contribution in [3.05, 3.63) is 29.3 Å². The number of hydrogen-bond donors (Lipinski definition) is 1. The SMILES string of the molecule is CCCCC1CCC(c2ccc(O)c(C#N)c2)CC1. The standard InChI is InChI=1S/C17H23NO/c1-2-3-4-13-5-7-14(8-6-13)15-9-10-17(19)16(11-15)12-18/h9-11,13-14,19H,2-8H2,1H3. The molecule has 2 rings (SSSR count). The maximum Gasteiger partial charge on any atom is 0.133 e. The average Bonchev–Trinajstić information content (AvgIpc) is 2.46. The third kappa shape index (κ3) is 3.50. The van der Waals surface area contributed by atoms with Crippen LogP contribution in [0, 0.1) is 17.2 Å². The van der Waals surface area contributed by atoms with Crippen LogP contribution in [0.2, 0.25) is 0 Å². The van der Waals surface area contributed by atoms with Crippen molar-refractivity contribution in [2.45, 2.75) is 57.8 Å². The van der Waals surface area contributed by atoms with Gasteiger partial charge in [-0.15, -0.1) is 0 Å². The molecule has 0 aromatic heterocycles. The highest BCUT2D eigenvalue weighted by Crippen LogP contribution is 2.38. The van der Waals surface area contributed by atoms with Crippen molar-refractivity contribution in [2.24, 2.45) is 5.92 Å². The molecule has 102 valence electrons. The highest BCUT2D eigenvalue weighted by atomic mass is 16.3. The second kappa shape index (κ2) is 6.61. The Balaban J connectivity index is 1.96. The first kappa shape index (κ1) is 13.9. The molecule has 1 fully saturated rings. The van der Waals surface area contributed by atoms with Crippen LogP contribution in [0.5, 0.6) is 5.75 Å². The molecule has 0 atom stereocenters. The van der Waals surface area contributed by atoms with Gasteiger partial charge in [0.25, 0.3) is 0 Å². The largest absolute Gasteiger partial charge is 0.507 e. The quantitative estimate of drug-likeness (QED) is 0.847. The number of nitriles is 1. The van der Waals surface area contributed by atoms with Gasteiger partial charge >= 0.3 is 0 Å². The maximum absolute atomic E-state index is 9.55. The smallest absolute Gasteiger partial charge is 0.133 e. The van der Waals surface area contributed by atoms with Crippen LogP contribution in [0.4, 0.5) is 0 Å². The minimum absolute atomic E-state index is 0.0999. The number of phenolic OH excluding ortho intramolecular Hbond substituents is 1. The monoisotopic (exact) mass is 257 g/mol. The van der Waals surface area contributed by atoms with E-state index in [1.54, 1.807) is 6.07 Å². The summed E-state index contributed by atoms with van der Waals surface area (Å²) in [5.41, 5.74) is 1.63. The Labute approximate surface area is 116 Å². The molecule has 0 bridgehead atoms. The second-order valence-electron chi connectivity index (χ2n) is 5.75. The molecule has 19 heavy (non-hydrogen) atoms. The number of nitrogens with zero attached hydrogens (tertiary/aromatic N) is 1. The van der Waals surface area contributed by atoms with E-state index in [2.05, 4.69) is 13.0 Å². The molecule has 0 saturated heterocycles. The maximum atomic E-state index is 9.55. The first-order valence-electron chi connectivity index (χ1n) is 7.47. The number of hydrogen-bond acceptors (Lipinski definition) is 2. The summed E-state index contributed by atoms with van der Waals surface area (Å²) in [6, 6.07) is 7.57. The molecule has 2 heteroatoms. The van der Waals surface area contributed by atoms with E-state index in [4.69, 9.17) is 5.26 Å². The molecule has 1 aromatic rings. The number of aromatic hydroxyl groups is 1. The van der Waals surface area contributed by atoms with E-state index in [1.165, 1.54) is 50.5 Å². The zero-order chi connectivity index (χ0) is 13.7. The third-order valence-corrected chi connectivity index (χ3v) is 4.43. The van der Waals surface area contributed by atoms with Crippen molar-refractivity contribution < 1.29 is 5.11 Å². The summed E-state index contributed by atoms with van der Waals surface area (Å²) >= 11 is 0. The third-order valence-electron chi connectivity index (χ3n) is 4.43. The molecule has 0 amide bonds. The minimum Gasteiger partial charge on any atom is -0.507 e. The van der Waals surface area contributed by atoms with Gasteiger partial charge in [0, 0.05) is 0 Å². The molecule has 0 radical (unpaired) electrons. The molecule has 1 aliphatic rings. The highest BCUT2D eigenvalue weighted by molar-refractivity contribution is 5.45. The molecule has 0 aliphatic heterocycles. The molecule has 1 N–H and O–H groups in total. The normalized spacial score (nSPS) is 22.9. The summed E-state index contributed by atoms with van der Waals surface area (Å²) in [4.78, 5) is 0. The Morgan fingerprint density at radius 3 is 2.63 bits per heavy atom. The van der Waals surface area contributed by atoms with E-state index in [9.17, 15) is 5.11 Å². The van der Waals surface area contributed by atoms with Gasteiger partial charge in [-0.2, -0.15) is 5.26 Å². The van der Waals surface area contributed by atoms with Crippen molar-refractivity contribution in [3.8, 4) is 11.8 Å². The van der Waals surface area contributed by atoms with Gasteiger partial charge in [-0.25, -0.2) is 0 Å². The summed E-state index contributed by atoms with van der Waals surface area (Å²) in [6.45, 7) is 2.26. The van der Waals surface area contributed by atoms with Crippen molar-refractivity contribution in [3.63, 3.8) is 0 Å². The lowest BCUT2D eigenvalue weighted by Gasteiger charge is -2.29. The van der Waals surface area contributed by atoms with Gasteiger partial charge in [-0.1, -0.05) is 32.3 Å². The fraction of sp³-hybridized carbons (Fsp3) is 0.588. The van der Waals surface area contributed by atoms with Crippen LogP contribution in [-0.4, -0.2) is 5.11 Å². The zero-order valence-corrected chi connectivity index (χ0v) is 11.7. The average molecular weight is 257 g/mol. The fourth-order valence-corrected chi connectivity index (χ4v) is 3.17. The summed E-state index contributed by atoms with van der Waals surface area (Å²) < 4.78 is 0. The van der Waals surface area contributed by atoms with Gasteiger partial charge in [0.15, 0.2) is 0 Å². The Kier molecular flexibility index (Phi) is 4.85. The zero-order valence-electron chi connectivity index (χ0n) is 11.7. The Morgan fingerprint density at radius 1 is 1.26 bits per heavy atom. The van der Waals surface area contributed by atoms with Crippen LogP contribution in [0.3, 0.4) is 0 Å². The lowest BCUT2D eigenvalue weighted by molar-refractivity contribution is 0.304. The first-order chi connectivity index (χ1) is 9.24. The van der Waals surface area contributed by atoms with Crippen LogP contribution >= 0.6 is 0 Å². The molecular weight excluding hydrogens is 234 g/mol. The second-order valence-corrected chi connectivity index (χ2v) is 5.75. The van der Waals surface area contributed by atoms with E-state index >= 15 is 0 Å². The highest BCUT2D eigenvalue weighted by Gasteiger charge is 2.22. The van der Waals surface area contributed by atoms with Crippen LogP contribution < -0.4 is 0 Å². The summed E-state index contributed by atoms with van der Waals surface area (Å²) in [7, 11) is 0. The molecule has 0 spiro atoms. The Hall–Kier alpha value is -1.49. The Morgan fingerprint density at radius 2 is 2.00 bits per heavy atom. The number of benzene rings is 1. The molecular formula is C17H23NO. The predicted octanol–water partition coefficient (Wildman–Crippen LogP) is 4.73. The van der Waals surface area contributed by atoms with Crippen LogP contribution in [0.15, 0.2) is 18.2 Å². The van der Waals surface area contributed by atoms with Gasteiger partial charge in [0.2, 0.25) is 0 Å². The summed E-state index contributed by atoms with van der Waals surface area (Å²) in [5, 5.41) is 18.5. The lowest BCUT2D eigenvalue weighted by atomic mass is 9.77. The van der Waals surface area contributed by atoms with E-state index < -0.39 is 0 Å². The lowest BCUT2D eigenvalue weighted by Crippen LogP contribution is -2.13. The van der Waals surface area contributed by atoms with Crippen LogP contribution in [-0.2, 0) is 0 Å². The minimum atomic E-state index is 0.0999. The van der Waals surface area contributed by atoms with Gasteiger partial charge in [-0.05, 0) is 55.2 Å². The number of phenols is 1. The van der Waals surface area contributed by atoms with Crippen LogP contribution in [0.1, 0.15) is 68.9 Å². The van der Waals surface area contributed by atoms with Gasteiger partial charge in [0.1, 0.15) is 11.8 Å². The van der Waals surface area contributed by atoms with E-state index in [-0.39, 0.29) is 5.75 Å². The van der Waals surface area contributed by atoms with Crippen molar-refractivity contribution in [1.29, 1.82) is 5.26 Å². The summed E-state index contributed by atoms with van der Waals surface area (Å²) in [5.74, 6) is 1.58. The van der Waals surface area contributed by atoms with E-state index in [0.29, 0.717) is 11.5 Å². The van der Waals surface area contributed by atoms with E-state index in [1.807, 2.05) is 12.1 Å². The van der Waals surface area contributed by atoms with Crippen molar-refractivity contribution >= 4 is 0 Å². The van der Waals surface area contributed by atoms with Gasteiger partial charge in [-0.3, -0.25) is 0 Å². The fourth-order valence-electron chi connectivity index (χ4n) is 3.17. The molecule has 1 aliphatic carbocycles. The van der Waals surface area contributed by atoms with Gasteiger partial charge < -0.3 is 5.11 Å². The number of rotatable bonds is 4. The molecule has 0 unspecified atom stereocenters. The number of unbranched alkanes of at least 4 members (excludes halogenated alkanes) is 1. The molecule has 0 heterocycles. The molecule has 1 aromatic carbocycles. The van der Waals surface area contributed by atoms with Crippen LogP contribution in [0.25, 0.3) is 0 Å². The van der Waals surface area contributed by atoms with E-state index in [0.717, 1.165) is 5.92 Å². The first-order valence-corrected chi connectivity index (χ1v) is 7.47. The van der Waals surface area contributed by atoms with Crippen molar-refractivity contribution in [1.82, 2.24) is 0 Å². The predicted molar refractivity (Wildman–Crippen MR) is 77.0 cm³/mol. The van der Waals surface area contributed by atoms with Crippen molar-refractivity contribution in [2.75, 3.05) is 0 Å². The van der Waals surface area contributed by atoms with Gasteiger partial charge in [0.05, 0.1) is 5.56 Å². The molecule has 2 nitrogen and oxygen atoms in total. The summed E-state index contributed by atoms with van der Waals surface area (Å²) in [6.07, 6.45) is 9.10. The molecule has 1 saturated carbocycles. The topological polar surface area (TPSA) is 44.0 Å².